The fourth-order valence-electron chi connectivity index (χ4n) is 4.35. The number of anilines is 2. The minimum atomic E-state index is -0.290. The molecule has 0 spiro atoms. The number of carbonyl (C=O) groups is 2. The largest absolute Gasteiger partial charge is 0.359 e. The van der Waals surface area contributed by atoms with E-state index in [2.05, 4.69) is 4.90 Å². The third-order valence-corrected chi connectivity index (χ3v) is 6.15. The number of nitrogens with zero attached hydrogens (tertiary/aromatic N) is 2. The molecule has 2 aliphatic rings. The summed E-state index contributed by atoms with van der Waals surface area (Å²) in [6.45, 7) is 7.23. The van der Waals surface area contributed by atoms with Crippen LogP contribution in [0.2, 0.25) is 5.02 Å². The molecule has 1 N–H and O–H groups in total. The fourth-order valence-corrected chi connectivity index (χ4v) is 4.61. The lowest BCUT2D eigenvalue weighted by Crippen LogP contribution is -3.19. The quantitative estimate of drug-likeness (QED) is 0.804. The second-order valence-electron chi connectivity index (χ2n) is 7.71. The summed E-state index contributed by atoms with van der Waals surface area (Å²) in [4.78, 5) is 30.6. The number of amides is 2. The van der Waals surface area contributed by atoms with Gasteiger partial charge in [0.15, 0.2) is 6.04 Å². The first kappa shape index (κ1) is 19.0. The first-order valence-electron chi connectivity index (χ1n) is 9.74. The maximum atomic E-state index is 13.1. The van der Waals surface area contributed by atoms with Crippen molar-refractivity contribution in [2.75, 3.05) is 36.0 Å². The minimum Gasteiger partial charge on any atom is -0.359 e. The molecule has 2 aromatic rings. The number of rotatable bonds is 3. The number of halogens is 1. The van der Waals surface area contributed by atoms with Crippen molar-refractivity contribution in [3.05, 3.63) is 58.6 Å². The number of carbonyl (C=O) groups excluding carboxylic acids is 2. The number of hydrogen-bond donors (Lipinski definition) is 1. The lowest BCUT2D eigenvalue weighted by atomic mass is 10.1. The molecule has 28 heavy (non-hydrogen) atoms. The fraction of sp³-hybridized carbons (Fsp3) is 0.364. The maximum Gasteiger partial charge on any atom is 0.292 e. The van der Waals surface area contributed by atoms with Gasteiger partial charge in [0.1, 0.15) is 0 Å². The lowest BCUT2D eigenvalue weighted by molar-refractivity contribution is -0.915. The monoisotopic (exact) mass is 398 g/mol. The average molecular weight is 399 g/mol. The van der Waals surface area contributed by atoms with Crippen molar-refractivity contribution in [3.63, 3.8) is 0 Å². The molecule has 2 aromatic carbocycles. The second-order valence-corrected chi connectivity index (χ2v) is 8.12. The van der Waals surface area contributed by atoms with Crippen molar-refractivity contribution in [2.45, 2.75) is 26.3 Å². The van der Waals surface area contributed by atoms with Gasteiger partial charge < -0.3 is 9.80 Å². The zero-order chi connectivity index (χ0) is 19.8. The van der Waals surface area contributed by atoms with Crippen molar-refractivity contribution in [1.82, 2.24) is 0 Å². The Morgan fingerprint density at radius 2 is 1.71 bits per heavy atom. The van der Waals surface area contributed by atoms with Gasteiger partial charge >= 0.3 is 0 Å². The zero-order valence-electron chi connectivity index (χ0n) is 16.2. The number of aryl methyl sites for hydroxylation is 2. The maximum absolute atomic E-state index is 13.1. The Balaban J connectivity index is 1.47. The molecule has 0 saturated carbocycles. The van der Waals surface area contributed by atoms with Crippen LogP contribution in [0.3, 0.4) is 0 Å². The molecule has 2 saturated heterocycles. The first-order valence-corrected chi connectivity index (χ1v) is 10.1. The molecule has 2 amide bonds. The highest BCUT2D eigenvalue weighted by Gasteiger charge is 2.46. The smallest absolute Gasteiger partial charge is 0.292 e. The molecule has 2 heterocycles. The van der Waals surface area contributed by atoms with Gasteiger partial charge in [0, 0.05) is 0 Å². The Kier molecular flexibility index (Phi) is 5.13. The van der Waals surface area contributed by atoms with Gasteiger partial charge in [0.25, 0.3) is 5.91 Å². The van der Waals surface area contributed by atoms with Gasteiger partial charge in [-0.1, -0.05) is 41.4 Å². The topological polar surface area (TPSA) is 45.1 Å². The second kappa shape index (κ2) is 7.57. The molecule has 0 unspecified atom stereocenters. The van der Waals surface area contributed by atoms with Gasteiger partial charge in [0.05, 0.1) is 49.0 Å². The molecule has 0 bridgehead atoms. The van der Waals surface area contributed by atoms with Crippen LogP contribution in [0.25, 0.3) is 0 Å². The summed E-state index contributed by atoms with van der Waals surface area (Å²) in [5.74, 6) is -0.166. The Labute approximate surface area is 170 Å². The Bertz CT molecular complexity index is 922. The van der Waals surface area contributed by atoms with Gasteiger partial charge in [-0.15, -0.1) is 0 Å². The van der Waals surface area contributed by atoms with Gasteiger partial charge in [-0.25, -0.2) is 4.90 Å². The van der Waals surface area contributed by atoms with E-state index in [1.54, 1.807) is 0 Å². The van der Waals surface area contributed by atoms with Crippen LogP contribution in [-0.2, 0) is 9.59 Å². The van der Waals surface area contributed by atoms with Crippen LogP contribution in [0.1, 0.15) is 17.5 Å². The minimum absolute atomic E-state index is 0.0712. The van der Waals surface area contributed by atoms with E-state index in [1.807, 2.05) is 56.3 Å². The van der Waals surface area contributed by atoms with Crippen molar-refractivity contribution < 1.29 is 14.5 Å². The summed E-state index contributed by atoms with van der Waals surface area (Å²) in [5, 5.41) is 0.749. The molecule has 0 aromatic heterocycles. The van der Waals surface area contributed by atoms with Crippen molar-refractivity contribution in [2.24, 2.45) is 0 Å². The van der Waals surface area contributed by atoms with Crippen LogP contribution >= 0.6 is 11.6 Å². The van der Waals surface area contributed by atoms with Crippen molar-refractivity contribution in [3.8, 4) is 0 Å². The van der Waals surface area contributed by atoms with E-state index in [0.717, 1.165) is 53.7 Å². The molecule has 1 atom stereocenters. The van der Waals surface area contributed by atoms with Gasteiger partial charge in [-0.2, -0.15) is 0 Å². The molecule has 2 aliphatic heterocycles. The van der Waals surface area contributed by atoms with Crippen LogP contribution in [0.15, 0.2) is 42.5 Å². The molecule has 0 aliphatic carbocycles. The number of hydrogen-bond acceptors (Lipinski definition) is 3. The van der Waals surface area contributed by atoms with Gasteiger partial charge in [-0.05, 0) is 37.6 Å². The molecule has 146 valence electrons. The predicted molar refractivity (Wildman–Crippen MR) is 111 cm³/mol. The number of piperazine rings is 1. The van der Waals surface area contributed by atoms with Crippen LogP contribution in [0, 0.1) is 13.8 Å². The Morgan fingerprint density at radius 1 is 1.00 bits per heavy atom. The molecule has 5 nitrogen and oxygen atoms in total. The third kappa shape index (κ3) is 3.40. The lowest BCUT2D eigenvalue weighted by Gasteiger charge is -2.36. The number of benzene rings is 2. The zero-order valence-corrected chi connectivity index (χ0v) is 17.0. The van der Waals surface area contributed by atoms with E-state index in [0.29, 0.717) is 0 Å². The standard InChI is InChI=1S/C22H24ClN3O2/c1-15-7-8-18(16(2)13-15)26-21(27)14-20(22(26)28)25-11-9-24(10-12-25)19-6-4-3-5-17(19)23/h3-8,13,20H,9-12,14H2,1-2H3/p+1/t20-/m1/s1. The SMILES string of the molecule is Cc1ccc(N2C(=O)C[C@@H]([NH+]3CCN(c4ccccc4Cl)CC3)C2=O)c(C)c1. The molecule has 2 fully saturated rings. The summed E-state index contributed by atoms with van der Waals surface area (Å²) >= 11 is 6.32. The highest BCUT2D eigenvalue weighted by Crippen LogP contribution is 2.27. The molecule has 4 rings (SSSR count). The number of quaternary nitrogens is 1. The van der Waals surface area contributed by atoms with E-state index in [4.69, 9.17) is 11.6 Å². The number of imide groups is 1. The van der Waals surface area contributed by atoms with Crippen LogP contribution < -0.4 is 14.7 Å². The third-order valence-electron chi connectivity index (χ3n) is 5.83. The average Bonchev–Trinajstić information content (AvgIpc) is 2.97. The molecule has 0 radical (unpaired) electrons. The van der Waals surface area contributed by atoms with Gasteiger partial charge in [0.2, 0.25) is 5.91 Å². The molecule has 6 heteroatoms. The van der Waals surface area contributed by atoms with Crippen LogP contribution in [0.4, 0.5) is 11.4 Å². The van der Waals surface area contributed by atoms with Crippen molar-refractivity contribution in [1.29, 1.82) is 0 Å². The summed E-state index contributed by atoms with van der Waals surface area (Å²) in [5.41, 5.74) is 3.84. The van der Waals surface area contributed by atoms with E-state index in [9.17, 15) is 9.59 Å². The summed E-state index contributed by atoms with van der Waals surface area (Å²) in [6.07, 6.45) is 0.285. The van der Waals surface area contributed by atoms with E-state index in [1.165, 1.54) is 9.80 Å². The van der Waals surface area contributed by atoms with E-state index < -0.39 is 0 Å². The Morgan fingerprint density at radius 3 is 2.39 bits per heavy atom. The van der Waals surface area contributed by atoms with Crippen LogP contribution in [0.5, 0.6) is 0 Å². The summed E-state index contributed by atoms with van der Waals surface area (Å²) in [7, 11) is 0. The summed E-state index contributed by atoms with van der Waals surface area (Å²) in [6, 6.07) is 13.4. The molecular formula is C22H25ClN3O2+. The van der Waals surface area contributed by atoms with E-state index in [-0.39, 0.29) is 24.3 Å². The number of para-hydroxylation sites is 1. The van der Waals surface area contributed by atoms with Crippen LogP contribution in [-0.4, -0.2) is 44.0 Å². The highest BCUT2D eigenvalue weighted by atomic mass is 35.5. The number of nitrogens with one attached hydrogen (secondary N) is 1. The first-order chi connectivity index (χ1) is 13.5. The highest BCUT2D eigenvalue weighted by molar-refractivity contribution is 6.33. The normalized spacial score (nSPS) is 20.9. The summed E-state index contributed by atoms with van der Waals surface area (Å²) < 4.78 is 0. The van der Waals surface area contributed by atoms with Crippen molar-refractivity contribution >= 4 is 34.8 Å². The molecular weight excluding hydrogens is 374 g/mol. The van der Waals surface area contributed by atoms with Gasteiger partial charge in [-0.3, -0.25) is 9.59 Å². The Hall–Kier alpha value is -2.37. The predicted octanol–water partition coefficient (Wildman–Crippen LogP) is 1.99. The van der Waals surface area contributed by atoms with E-state index >= 15 is 0 Å².